The van der Waals surface area contributed by atoms with Crippen LogP contribution in [-0.4, -0.2) is 10.2 Å². The Bertz CT molecular complexity index is 521. The van der Waals surface area contributed by atoms with Crippen molar-refractivity contribution in [2.45, 2.75) is 45.0 Å². The standard InChI is InChI=1S/C15H18Cl3NO.CH4.H2S/c1-4-14(10(3)15(14,17)18)13(20)19-9(2)11-5-7-12(16)8-6-11;;/h5-10H,4H2,1-3H3,(H,19,20);1H4;1H2/t9?,10-,14+;;/m1../s1. The lowest BCUT2D eigenvalue weighted by atomic mass is 9.98. The first-order chi connectivity index (χ1) is 9.27. The molecule has 1 aromatic carbocycles. The van der Waals surface area contributed by atoms with Crippen molar-refractivity contribution in [2.24, 2.45) is 11.3 Å². The third-order valence-electron chi connectivity index (χ3n) is 4.47. The fourth-order valence-corrected chi connectivity index (χ4v) is 4.01. The van der Waals surface area contributed by atoms with Gasteiger partial charge in [0.1, 0.15) is 4.33 Å². The normalized spacial score (nSPS) is 26.2. The Morgan fingerprint density at radius 3 is 2.14 bits per heavy atom. The molecule has 0 spiro atoms. The van der Waals surface area contributed by atoms with E-state index in [0.29, 0.717) is 11.4 Å². The molecule has 0 radical (unpaired) electrons. The van der Waals surface area contributed by atoms with E-state index < -0.39 is 9.75 Å². The van der Waals surface area contributed by atoms with E-state index in [-0.39, 0.29) is 38.8 Å². The van der Waals surface area contributed by atoms with Crippen LogP contribution in [0.5, 0.6) is 0 Å². The Labute approximate surface area is 155 Å². The third kappa shape index (κ3) is 3.38. The van der Waals surface area contributed by atoms with Gasteiger partial charge in [0.2, 0.25) is 5.91 Å². The molecule has 2 nitrogen and oxygen atoms in total. The highest BCUT2D eigenvalue weighted by Gasteiger charge is 2.76. The number of amides is 1. The van der Waals surface area contributed by atoms with Crippen LogP contribution in [0.3, 0.4) is 0 Å². The molecule has 0 aromatic heterocycles. The van der Waals surface area contributed by atoms with Crippen molar-refractivity contribution in [2.75, 3.05) is 0 Å². The molecule has 1 saturated carbocycles. The monoisotopic (exact) mass is 383 g/mol. The van der Waals surface area contributed by atoms with E-state index in [1.807, 2.05) is 45.0 Å². The highest BCUT2D eigenvalue weighted by molar-refractivity contribution is 7.59. The van der Waals surface area contributed by atoms with Crippen LogP contribution in [-0.2, 0) is 4.79 Å². The maximum Gasteiger partial charge on any atom is 0.230 e. The summed E-state index contributed by atoms with van der Waals surface area (Å²) < 4.78 is -0.967. The second-order valence-corrected chi connectivity index (χ2v) is 7.24. The van der Waals surface area contributed by atoms with E-state index in [1.54, 1.807) is 0 Å². The minimum absolute atomic E-state index is 0. The van der Waals surface area contributed by atoms with Crippen molar-refractivity contribution in [3.05, 3.63) is 34.9 Å². The van der Waals surface area contributed by atoms with Crippen molar-refractivity contribution in [1.29, 1.82) is 0 Å². The van der Waals surface area contributed by atoms with Crippen molar-refractivity contribution in [1.82, 2.24) is 5.32 Å². The highest BCUT2D eigenvalue weighted by Crippen LogP contribution is 2.70. The van der Waals surface area contributed by atoms with Crippen LogP contribution in [0.15, 0.2) is 24.3 Å². The minimum Gasteiger partial charge on any atom is -0.349 e. The number of carbonyl (C=O) groups excluding carboxylic acids is 1. The summed E-state index contributed by atoms with van der Waals surface area (Å²) in [6.45, 7) is 5.78. The van der Waals surface area contributed by atoms with Crippen LogP contribution in [0.25, 0.3) is 0 Å². The lowest BCUT2D eigenvalue weighted by molar-refractivity contribution is -0.127. The number of benzene rings is 1. The Morgan fingerprint density at radius 2 is 1.77 bits per heavy atom. The Hall–Kier alpha value is -0.0900. The van der Waals surface area contributed by atoms with Gasteiger partial charge in [-0.1, -0.05) is 45.0 Å². The van der Waals surface area contributed by atoms with Gasteiger partial charge in [-0.05, 0) is 31.0 Å². The van der Waals surface area contributed by atoms with Gasteiger partial charge in [0.05, 0.1) is 11.5 Å². The zero-order chi connectivity index (χ0) is 15.1. The van der Waals surface area contributed by atoms with Gasteiger partial charge in [0.25, 0.3) is 0 Å². The molecule has 22 heavy (non-hydrogen) atoms. The first-order valence-corrected chi connectivity index (χ1v) is 7.85. The van der Waals surface area contributed by atoms with Gasteiger partial charge in [0, 0.05) is 10.9 Å². The van der Waals surface area contributed by atoms with E-state index in [4.69, 9.17) is 34.8 Å². The fraction of sp³-hybridized carbons (Fsp3) is 0.562. The number of halogens is 3. The highest BCUT2D eigenvalue weighted by atomic mass is 35.5. The molecule has 1 aliphatic rings. The predicted molar refractivity (Wildman–Crippen MR) is 101 cm³/mol. The summed E-state index contributed by atoms with van der Waals surface area (Å²) in [6, 6.07) is 7.30. The van der Waals surface area contributed by atoms with Crippen molar-refractivity contribution in [3.8, 4) is 0 Å². The number of hydrogen-bond acceptors (Lipinski definition) is 1. The lowest BCUT2D eigenvalue weighted by Crippen LogP contribution is -2.36. The zero-order valence-corrected chi connectivity index (χ0v) is 15.5. The maximum atomic E-state index is 12.5. The second-order valence-electron chi connectivity index (χ2n) is 5.42. The summed E-state index contributed by atoms with van der Waals surface area (Å²) in [5.74, 6) is -0.124. The van der Waals surface area contributed by atoms with Gasteiger partial charge in [-0.2, -0.15) is 13.5 Å². The molecular formula is C16H24Cl3NOS. The van der Waals surface area contributed by atoms with Gasteiger partial charge in [-0.15, -0.1) is 23.2 Å². The fourth-order valence-electron chi connectivity index (χ4n) is 2.85. The Balaban J connectivity index is 0.00000220. The van der Waals surface area contributed by atoms with E-state index in [9.17, 15) is 4.79 Å². The molecule has 126 valence electrons. The number of alkyl halides is 2. The van der Waals surface area contributed by atoms with E-state index >= 15 is 0 Å². The Kier molecular flexibility index (Phi) is 7.62. The Morgan fingerprint density at radius 1 is 1.32 bits per heavy atom. The summed E-state index contributed by atoms with van der Waals surface area (Å²) >= 11 is 18.4. The molecule has 2 rings (SSSR count). The average Bonchev–Trinajstić information content (AvgIpc) is 2.84. The van der Waals surface area contributed by atoms with Crippen LogP contribution >= 0.6 is 48.3 Å². The van der Waals surface area contributed by atoms with Gasteiger partial charge in [-0.25, -0.2) is 0 Å². The molecule has 0 heterocycles. The topological polar surface area (TPSA) is 29.1 Å². The quantitative estimate of drug-likeness (QED) is 0.684. The summed E-state index contributed by atoms with van der Waals surface area (Å²) in [5.41, 5.74) is 0.314. The first-order valence-electron chi connectivity index (χ1n) is 6.71. The van der Waals surface area contributed by atoms with Crippen LogP contribution < -0.4 is 5.32 Å². The van der Waals surface area contributed by atoms with Crippen LogP contribution in [0.2, 0.25) is 5.02 Å². The van der Waals surface area contributed by atoms with E-state index in [2.05, 4.69) is 5.32 Å². The largest absolute Gasteiger partial charge is 0.349 e. The number of nitrogens with one attached hydrogen (secondary N) is 1. The van der Waals surface area contributed by atoms with Crippen molar-refractivity contribution < 1.29 is 4.79 Å². The molecule has 1 N–H and O–H groups in total. The molecule has 0 saturated heterocycles. The molecule has 1 aromatic rings. The van der Waals surface area contributed by atoms with Gasteiger partial charge >= 0.3 is 0 Å². The molecule has 1 unspecified atom stereocenters. The molecule has 0 bridgehead atoms. The SMILES string of the molecule is C.CC[C@@]1(C(=O)NC(C)c2ccc(Cl)cc2)[C@@H](C)C1(Cl)Cl.S. The summed E-state index contributed by atoms with van der Waals surface area (Å²) in [7, 11) is 0. The molecule has 3 atom stereocenters. The average molecular weight is 385 g/mol. The number of hydrogen-bond donors (Lipinski definition) is 1. The smallest absolute Gasteiger partial charge is 0.230 e. The number of carbonyl (C=O) groups is 1. The van der Waals surface area contributed by atoms with Crippen LogP contribution in [0.4, 0.5) is 0 Å². The third-order valence-corrected chi connectivity index (χ3v) is 6.06. The molecule has 6 heteroatoms. The molecular weight excluding hydrogens is 361 g/mol. The predicted octanol–water partition coefficient (Wildman–Crippen LogP) is 5.49. The van der Waals surface area contributed by atoms with Crippen LogP contribution in [0.1, 0.15) is 46.2 Å². The zero-order valence-electron chi connectivity index (χ0n) is 12.2. The first kappa shape index (κ1) is 21.9. The summed E-state index contributed by atoms with van der Waals surface area (Å²) in [5, 5.41) is 3.68. The van der Waals surface area contributed by atoms with E-state index in [0.717, 1.165) is 5.56 Å². The molecule has 1 amide bonds. The maximum absolute atomic E-state index is 12.5. The number of rotatable bonds is 4. The van der Waals surface area contributed by atoms with Crippen LogP contribution in [0, 0.1) is 11.3 Å². The van der Waals surface area contributed by atoms with Gasteiger partial charge in [0.15, 0.2) is 0 Å². The van der Waals surface area contributed by atoms with Crippen molar-refractivity contribution in [3.63, 3.8) is 0 Å². The van der Waals surface area contributed by atoms with Gasteiger partial charge in [-0.3, -0.25) is 4.79 Å². The molecule has 1 aliphatic carbocycles. The molecule has 0 aliphatic heterocycles. The lowest BCUT2D eigenvalue weighted by Gasteiger charge is -2.20. The van der Waals surface area contributed by atoms with Crippen molar-refractivity contribution >= 4 is 54.2 Å². The summed E-state index contributed by atoms with van der Waals surface area (Å²) in [6.07, 6.45) is 0.625. The second kappa shape index (κ2) is 7.65. The summed E-state index contributed by atoms with van der Waals surface area (Å²) in [4.78, 5) is 12.5. The van der Waals surface area contributed by atoms with E-state index in [1.165, 1.54) is 0 Å². The minimum atomic E-state index is -0.967. The molecule has 1 fully saturated rings. The van der Waals surface area contributed by atoms with Gasteiger partial charge < -0.3 is 5.32 Å².